The number of methoxy groups -OCH3 is 1. The van der Waals surface area contributed by atoms with Gasteiger partial charge < -0.3 is 24.0 Å². The van der Waals surface area contributed by atoms with E-state index in [1.54, 1.807) is 18.2 Å². The quantitative estimate of drug-likeness (QED) is 0.419. The Balaban J connectivity index is 1.37. The average molecular weight is 476 g/mol. The largest absolute Gasteiger partial charge is 0.453 e. The van der Waals surface area contributed by atoms with Crippen LogP contribution in [0.4, 0.5) is 16.4 Å². The summed E-state index contributed by atoms with van der Waals surface area (Å²) in [5.74, 6) is 0.278. The van der Waals surface area contributed by atoms with Gasteiger partial charge in [0.25, 0.3) is 0 Å². The first kappa shape index (κ1) is 22.8. The second-order valence-corrected chi connectivity index (χ2v) is 8.87. The lowest BCUT2D eigenvalue weighted by atomic mass is 10.3. The van der Waals surface area contributed by atoms with Gasteiger partial charge in [0.2, 0.25) is 5.95 Å². The molecule has 0 aliphatic carbocycles. The van der Waals surface area contributed by atoms with Crippen LogP contribution in [-0.2, 0) is 19.6 Å². The van der Waals surface area contributed by atoms with Crippen LogP contribution < -0.4 is 14.8 Å². The first-order valence-electron chi connectivity index (χ1n) is 10.4. The molecule has 1 saturated heterocycles. The molecule has 1 fully saturated rings. The summed E-state index contributed by atoms with van der Waals surface area (Å²) in [6, 6.07) is 11.0. The molecule has 1 aromatic heterocycles. The minimum Gasteiger partial charge on any atom is -0.453 e. The van der Waals surface area contributed by atoms with Gasteiger partial charge in [-0.05, 0) is 36.4 Å². The second kappa shape index (κ2) is 10.1. The SMILES string of the molecule is COC(=O)Nc1nc2cc(OS(=O)(=O)c3ccc(NCCN4CCOCC4)cc3)ccc2[nH]1. The van der Waals surface area contributed by atoms with Crippen LogP contribution in [0.15, 0.2) is 47.4 Å². The van der Waals surface area contributed by atoms with Crippen LogP contribution in [0.1, 0.15) is 0 Å². The zero-order chi connectivity index (χ0) is 23.3. The molecule has 1 aliphatic rings. The van der Waals surface area contributed by atoms with E-state index >= 15 is 0 Å². The van der Waals surface area contributed by atoms with E-state index in [4.69, 9.17) is 8.92 Å². The Hall–Kier alpha value is -3.35. The molecule has 0 atom stereocenters. The van der Waals surface area contributed by atoms with Gasteiger partial charge >= 0.3 is 16.2 Å². The van der Waals surface area contributed by atoms with Crippen molar-refractivity contribution in [3.8, 4) is 5.75 Å². The normalized spacial score (nSPS) is 14.7. The number of nitrogens with zero attached hydrogens (tertiary/aromatic N) is 2. The molecule has 0 saturated carbocycles. The summed E-state index contributed by atoms with van der Waals surface area (Å²) in [6.45, 7) is 4.99. The number of rotatable bonds is 8. The molecule has 1 amide bonds. The third kappa shape index (κ3) is 5.92. The van der Waals surface area contributed by atoms with Crippen molar-refractivity contribution in [1.29, 1.82) is 0 Å². The minimum absolute atomic E-state index is 0.0383. The lowest BCUT2D eigenvalue weighted by Crippen LogP contribution is -2.38. The topological polar surface area (TPSA) is 135 Å². The number of aromatic nitrogens is 2. The third-order valence-electron chi connectivity index (χ3n) is 5.07. The van der Waals surface area contributed by atoms with Crippen molar-refractivity contribution in [2.75, 3.05) is 57.1 Å². The molecule has 176 valence electrons. The first-order valence-corrected chi connectivity index (χ1v) is 11.8. The lowest BCUT2D eigenvalue weighted by Gasteiger charge is -2.26. The highest BCUT2D eigenvalue weighted by atomic mass is 32.2. The van der Waals surface area contributed by atoms with Gasteiger partial charge in [0.15, 0.2) is 0 Å². The number of carbonyl (C=O) groups is 1. The van der Waals surface area contributed by atoms with Gasteiger partial charge in [-0.1, -0.05) is 0 Å². The van der Waals surface area contributed by atoms with Crippen molar-refractivity contribution in [3.63, 3.8) is 0 Å². The Morgan fingerprint density at radius 1 is 1.18 bits per heavy atom. The van der Waals surface area contributed by atoms with E-state index in [0.717, 1.165) is 45.1 Å². The molecule has 2 heterocycles. The van der Waals surface area contributed by atoms with Crippen LogP contribution in [0, 0.1) is 0 Å². The maximum atomic E-state index is 12.7. The van der Waals surface area contributed by atoms with Gasteiger partial charge in [0.1, 0.15) is 10.6 Å². The monoisotopic (exact) mass is 475 g/mol. The van der Waals surface area contributed by atoms with Gasteiger partial charge in [-0.15, -0.1) is 0 Å². The van der Waals surface area contributed by atoms with E-state index in [0.29, 0.717) is 11.0 Å². The van der Waals surface area contributed by atoms with Crippen molar-refractivity contribution in [2.45, 2.75) is 4.90 Å². The number of fused-ring (bicyclic) bond motifs is 1. The van der Waals surface area contributed by atoms with Crippen LogP contribution in [0.2, 0.25) is 0 Å². The molecule has 0 radical (unpaired) electrons. The van der Waals surface area contributed by atoms with Gasteiger partial charge in [0.05, 0.1) is 31.4 Å². The van der Waals surface area contributed by atoms with E-state index in [1.165, 1.54) is 31.4 Å². The highest BCUT2D eigenvalue weighted by Gasteiger charge is 2.18. The Morgan fingerprint density at radius 3 is 2.67 bits per heavy atom. The molecule has 1 aliphatic heterocycles. The van der Waals surface area contributed by atoms with Gasteiger partial charge in [-0.3, -0.25) is 10.2 Å². The summed E-state index contributed by atoms with van der Waals surface area (Å²) in [5, 5.41) is 5.70. The molecule has 3 N–H and O–H groups in total. The summed E-state index contributed by atoms with van der Waals surface area (Å²) in [7, 11) is -2.79. The number of benzene rings is 2. The van der Waals surface area contributed by atoms with Crippen LogP contribution in [0.25, 0.3) is 11.0 Å². The molecule has 3 aromatic rings. The first-order chi connectivity index (χ1) is 15.9. The van der Waals surface area contributed by atoms with Gasteiger partial charge in [0, 0.05) is 37.9 Å². The highest BCUT2D eigenvalue weighted by Crippen LogP contribution is 2.24. The fraction of sp³-hybridized carbons (Fsp3) is 0.333. The van der Waals surface area contributed by atoms with Crippen LogP contribution in [0.3, 0.4) is 0 Å². The number of morpholine rings is 1. The molecule has 0 unspecified atom stereocenters. The molecule has 0 spiro atoms. The molecule has 11 nitrogen and oxygen atoms in total. The zero-order valence-corrected chi connectivity index (χ0v) is 18.9. The zero-order valence-electron chi connectivity index (χ0n) is 18.0. The molecule has 12 heteroatoms. The Kier molecular flexibility index (Phi) is 6.96. The number of carbonyl (C=O) groups excluding carboxylic acids is 1. The standard InChI is InChI=1S/C21H25N5O6S/c1-30-21(27)25-20-23-18-7-4-16(14-19(18)24-20)32-33(28,29)17-5-2-15(3-6-17)22-8-9-26-10-12-31-13-11-26/h2-7,14,22H,8-13H2,1H3,(H2,23,24,25,27). The van der Waals surface area contributed by atoms with Gasteiger partial charge in [-0.2, -0.15) is 8.42 Å². The summed E-state index contributed by atoms with van der Waals surface area (Å²) in [6.07, 6.45) is -0.674. The average Bonchev–Trinajstić information content (AvgIpc) is 3.21. The minimum atomic E-state index is -4.03. The maximum Gasteiger partial charge on any atom is 0.413 e. The van der Waals surface area contributed by atoms with Gasteiger partial charge in [-0.25, -0.2) is 9.78 Å². The Morgan fingerprint density at radius 2 is 1.94 bits per heavy atom. The maximum absolute atomic E-state index is 12.7. The number of H-pyrrole nitrogens is 1. The molecule has 2 aromatic carbocycles. The number of nitrogens with one attached hydrogen (secondary N) is 3. The van der Waals surface area contributed by atoms with Crippen LogP contribution in [0.5, 0.6) is 5.75 Å². The van der Waals surface area contributed by atoms with Crippen molar-refractivity contribution >= 4 is 38.9 Å². The summed E-state index contributed by atoms with van der Waals surface area (Å²) in [5.41, 5.74) is 1.85. The summed E-state index contributed by atoms with van der Waals surface area (Å²) >= 11 is 0. The predicted molar refractivity (Wildman–Crippen MR) is 122 cm³/mol. The van der Waals surface area contributed by atoms with E-state index in [1.807, 2.05) is 0 Å². The van der Waals surface area contributed by atoms with Crippen molar-refractivity contribution in [3.05, 3.63) is 42.5 Å². The fourth-order valence-electron chi connectivity index (χ4n) is 3.34. The van der Waals surface area contributed by atoms with Crippen molar-refractivity contribution in [2.24, 2.45) is 0 Å². The Bertz CT molecular complexity index is 1210. The summed E-state index contributed by atoms with van der Waals surface area (Å²) < 4.78 is 40.5. The number of amides is 1. The molecule has 33 heavy (non-hydrogen) atoms. The molecule has 4 rings (SSSR count). The predicted octanol–water partition coefficient (Wildman–Crippen LogP) is 2.25. The smallest absolute Gasteiger partial charge is 0.413 e. The molecule has 0 bridgehead atoms. The van der Waals surface area contributed by atoms with E-state index < -0.39 is 16.2 Å². The Labute approximate surface area is 191 Å². The van der Waals surface area contributed by atoms with Crippen molar-refractivity contribution in [1.82, 2.24) is 14.9 Å². The summed E-state index contributed by atoms with van der Waals surface area (Å²) in [4.78, 5) is 20.7. The van der Waals surface area contributed by atoms with E-state index in [9.17, 15) is 13.2 Å². The lowest BCUT2D eigenvalue weighted by molar-refractivity contribution is 0.0398. The number of aromatic amines is 1. The van der Waals surface area contributed by atoms with E-state index in [2.05, 4.69) is 30.2 Å². The number of hydrogen-bond donors (Lipinski definition) is 3. The number of ether oxygens (including phenoxy) is 2. The number of anilines is 2. The second-order valence-electron chi connectivity index (χ2n) is 7.32. The third-order valence-corrected chi connectivity index (χ3v) is 6.33. The van der Waals surface area contributed by atoms with Crippen molar-refractivity contribution < 1.29 is 26.9 Å². The molecular weight excluding hydrogens is 450 g/mol. The fourth-order valence-corrected chi connectivity index (χ4v) is 4.26. The van der Waals surface area contributed by atoms with E-state index in [-0.39, 0.29) is 16.6 Å². The highest BCUT2D eigenvalue weighted by molar-refractivity contribution is 7.87. The van der Waals surface area contributed by atoms with Crippen LogP contribution >= 0.6 is 0 Å². The number of hydrogen-bond acceptors (Lipinski definition) is 9. The van der Waals surface area contributed by atoms with Crippen LogP contribution in [-0.4, -0.2) is 75.9 Å². The molecular formula is C21H25N5O6S. The number of imidazole rings is 1.